The fourth-order valence-electron chi connectivity index (χ4n) is 2.72. The fourth-order valence-corrected chi connectivity index (χ4v) is 3.84. The van der Waals surface area contributed by atoms with Crippen LogP contribution in [-0.2, 0) is 17.7 Å². The number of halogens is 2. The molecular formula is C16H16Cl2N4O4S. The molecule has 1 unspecified atom stereocenters. The van der Waals surface area contributed by atoms with Crippen molar-refractivity contribution in [2.75, 3.05) is 37.3 Å². The van der Waals surface area contributed by atoms with Crippen LogP contribution < -0.4 is 19.3 Å². The van der Waals surface area contributed by atoms with Crippen molar-refractivity contribution in [3.63, 3.8) is 0 Å². The van der Waals surface area contributed by atoms with Gasteiger partial charge in [-0.05, 0) is 0 Å². The number of hydrogen-bond acceptors (Lipinski definition) is 6. The van der Waals surface area contributed by atoms with Gasteiger partial charge in [-0.3, -0.25) is 9.80 Å². The summed E-state index contributed by atoms with van der Waals surface area (Å²) in [6, 6.07) is 1.14. The highest BCUT2D eigenvalue weighted by Gasteiger charge is 2.35. The van der Waals surface area contributed by atoms with E-state index in [0.717, 1.165) is 0 Å². The van der Waals surface area contributed by atoms with E-state index in [0.29, 0.717) is 22.9 Å². The molecule has 0 fully saturated rings. The van der Waals surface area contributed by atoms with Crippen molar-refractivity contribution in [2.45, 2.75) is 11.7 Å². The van der Waals surface area contributed by atoms with Crippen LogP contribution in [0.4, 0.5) is 16.3 Å². The summed E-state index contributed by atoms with van der Waals surface area (Å²) in [7, 11) is 4.47. The Morgan fingerprint density at radius 1 is 1.22 bits per heavy atom. The Morgan fingerprint density at radius 2 is 1.81 bits per heavy atom. The number of ether oxygens (including phenoxy) is 2. The SMILES string of the molecule is COc1cc(OC)c(Cl)c(N2Cc3cnc([S+](C)[O-])nc3N(C)C2=O)c1Cl. The number of rotatable bonds is 4. The van der Waals surface area contributed by atoms with Gasteiger partial charge in [0.05, 0.1) is 26.5 Å². The predicted molar refractivity (Wildman–Crippen MR) is 104 cm³/mol. The normalized spacial score (nSPS) is 14.9. The smallest absolute Gasteiger partial charge is 0.344 e. The van der Waals surface area contributed by atoms with Gasteiger partial charge in [0.1, 0.15) is 33.6 Å². The third-order valence-electron chi connectivity index (χ3n) is 4.06. The Bertz CT molecular complexity index is 884. The number of carbonyl (C=O) groups excluding carboxylic acids is 1. The molecule has 0 saturated carbocycles. The maximum Gasteiger partial charge on any atom is 0.344 e. The van der Waals surface area contributed by atoms with Crippen LogP contribution in [0.3, 0.4) is 0 Å². The summed E-state index contributed by atoms with van der Waals surface area (Å²) in [6.07, 6.45) is 3.01. The minimum Gasteiger partial charge on any atom is -0.609 e. The molecule has 144 valence electrons. The fraction of sp³-hybridized carbons (Fsp3) is 0.312. The quantitative estimate of drug-likeness (QED) is 0.546. The van der Waals surface area contributed by atoms with Gasteiger partial charge < -0.3 is 14.0 Å². The van der Waals surface area contributed by atoms with E-state index < -0.39 is 17.2 Å². The van der Waals surface area contributed by atoms with E-state index in [1.165, 1.54) is 36.5 Å². The van der Waals surface area contributed by atoms with E-state index >= 15 is 0 Å². The van der Waals surface area contributed by atoms with Crippen molar-refractivity contribution < 1.29 is 18.8 Å². The Hall–Kier alpha value is -1.94. The lowest BCUT2D eigenvalue weighted by atomic mass is 10.2. The number of methoxy groups -OCH3 is 2. The molecule has 0 saturated heterocycles. The van der Waals surface area contributed by atoms with Crippen LogP contribution in [-0.4, -0.2) is 48.1 Å². The second-order valence-corrected chi connectivity index (χ2v) is 7.67. The first-order valence-electron chi connectivity index (χ1n) is 7.64. The highest BCUT2D eigenvalue weighted by Crippen LogP contribution is 2.47. The lowest BCUT2D eigenvalue weighted by Gasteiger charge is -2.35. The minimum absolute atomic E-state index is 0.130. The Balaban J connectivity index is 2.13. The molecule has 1 atom stereocenters. The van der Waals surface area contributed by atoms with Crippen LogP contribution in [0.25, 0.3) is 0 Å². The topological polar surface area (TPSA) is 90.8 Å². The molecule has 27 heavy (non-hydrogen) atoms. The molecule has 0 aliphatic carbocycles. The molecule has 1 aliphatic rings. The maximum absolute atomic E-state index is 13.0. The maximum atomic E-state index is 13.0. The minimum atomic E-state index is -1.36. The zero-order valence-electron chi connectivity index (χ0n) is 14.9. The summed E-state index contributed by atoms with van der Waals surface area (Å²) >= 11 is 11.5. The number of hydrogen-bond donors (Lipinski definition) is 0. The van der Waals surface area contributed by atoms with E-state index in [2.05, 4.69) is 9.97 Å². The van der Waals surface area contributed by atoms with Crippen LogP contribution in [0, 0.1) is 0 Å². The van der Waals surface area contributed by atoms with Crippen molar-refractivity contribution in [3.8, 4) is 11.5 Å². The van der Waals surface area contributed by atoms with Gasteiger partial charge in [0.2, 0.25) is 0 Å². The highest BCUT2D eigenvalue weighted by molar-refractivity contribution is 7.90. The van der Waals surface area contributed by atoms with Crippen LogP contribution in [0.15, 0.2) is 17.4 Å². The monoisotopic (exact) mass is 430 g/mol. The molecule has 0 N–H and O–H groups in total. The lowest BCUT2D eigenvalue weighted by molar-refractivity contribution is 0.251. The van der Waals surface area contributed by atoms with Crippen LogP contribution in [0.5, 0.6) is 11.5 Å². The number of aromatic nitrogens is 2. The van der Waals surface area contributed by atoms with Gasteiger partial charge in [0.25, 0.3) is 0 Å². The van der Waals surface area contributed by atoms with Gasteiger partial charge in [-0.15, -0.1) is 0 Å². The molecule has 2 amide bonds. The lowest BCUT2D eigenvalue weighted by Crippen LogP contribution is -2.46. The van der Waals surface area contributed by atoms with E-state index in [-0.39, 0.29) is 27.4 Å². The van der Waals surface area contributed by atoms with Crippen LogP contribution in [0.2, 0.25) is 10.0 Å². The molecule has 0 bridgehead atoms. The molecule has 0 spiro atoms. The Labute approximate surface area is 169 Å². The Morgan fingerprint density at radius 3 is 2.33 bits per heavy atom. The zero-order chi connectivity index (χ0) is 19.9. The van der Waals surface area contributed by atoms with E-state index in [9.17, 15) is 9.35 Å². The molecule has 8 nitrogen and oxygen atoms in total. The number of benzene rings is 1. The number of anilines is 2. The summed E-state index contributed by atoms with van der Waals surface area (Å²) in [6.45, 7) is 0.130. The van der Waals surface area contributed by atoms with Crippen molar-refractivity contribution in [3.05, 3.63) is 27.9 Å². The van der Waals surface area contributed by atoms with Crippen molar-refractivity contribution in [2.24, 2.45) is 0 Å². The summed E-state index contributed by atoms with van der Waals surface area (Å²) in [4.78, 5) is 24.0. The third kappa shape index (κ3) is 3.36. The number of fused-ring (bicyclic) bond motifs is 1. The molecule has 2 aromatic rings. The van der Waals surface area contributed by atoms with Gasteiger partial charge in [-0.2, -0.15) is 9.97 Å². The molecule has 11 heteroatoms. The first-order valence-corrected chi connectivity index (χ1v) is 9.96. The van der Waals surface area contributed by atoms with Crippen molar-refractivity contribution in [1.82, 2.24) is 9.97 Å². The molecule has 1 aromatic heterocycles. The summed E-state index contributed by atoms with van der Waals surface area (Å²) in [5.41, 5.74) is 0.917. The van der Waals surface area contributed by atoms with Gasteiger partial charge >= 0.3 is 11.2 Å². The molecule has 2 heterocycles. The molecule has 3 rings (SSSR count). The largest absolute Gasteiger partial charge is 0.609 e. The predicted octanol–water partition coefficient (Wildman–Crippen LogP) is 3.11. The zero-order valence-corrected chi connectivity index (χ0v) is 17.3. The van der Waals surface area contributed by atoms with Gasteiger partial charge in [0, 0.05) is 36.1 Å². The third-order valence-corrected chi connectivity index (χ3v) is 5.50. The van der Waals surface area contributed by atoms with E-state index in [1.54, 1.807) is 13.1 Å². The summed E-state index contributed by atoms with van der Waals surface area (Å²) in [5.74, 6) is 1.03. The van der Waals surface area contributed by atoms with Gasteiger partial charge in [-0.1, -0.05) is 23.2 Å². The van der Waals surface area contributed by atoms with Crippen LogP contribution in [0.1, 0.15) is 5.56 Å². The molecule has 0 radical (unpaired) electrons. The van der Waals surface area contributed by atoms with E-state index in [1.807, 2.05) is 0 Å². The van der Waals surface area contributed by atoms with Gasteiger partial charge in [0.15, 0.2) is 0 Å². The first kappa shape index (κ1) is 19.8. The highest BCUT2D eigenvalue weighted by atomic mass is 35.5. The summed E-state index contributed by atoms with van der Waals surface area (Å²) < 4.78 is 22.2. The number of carbonyl (C=O) groups is 1. The second kappa shape index (κ2) is 7.59. The van der Waals surface area contributed by atoms with Crippen molar-refractivity contribution in [1.29, 1.82) is 0 Å². The average molecular weight is 431 g/mol. The standard InChI is InChI=1S/C16H16Cl2N4O4S/c1-21-14-8(6-19-15(20-14)27(4)24)7-22(16(21)23)13-11(17)9(25-2)5-10(26-3)12(13)18/h5-6H,7H2,1-4H3. The number of amides is 2. The van der Waals surface area contributed by atoms with E-state index in [4.69, 9.17) is 32.7 Å². The number of urea groups is 1. The molecule has 1 aromatic carbocycles. The second-order valence-electron chi connectivity index (χ2n) is 5.64. The Kier molecular flexibility index (Phi) is 5.57. The summed E-state index contributed by atoms with van der Waals surface area (Å²) in [5, 5.41) is 0.516. The first-order chi connectivity index (χ1) is 12.8. The molecule has 1 aliphatic heterocycles. The molecular weight excluding hydrogens is 415 g/mol. The number of nitrogens with zero attached hydrogens (tertiary/aromatic N) is 4. The van der Waals surface area contributed by atoms with Crippen LogP contribution >= 0.6 is 23.2 Å². The van der Waals surface area contributed by atoms with Gasteiger partial charge in [-0.25, -0.2) is 4.79 Å². The van der Waals surface area contributed by atoms with Crippen molar-refractivity contribution >= 4 is 51.9 Å². The average Bonchev–Trinajstić information content (AvgIpc) is 2.65.